The van der Waals surface area contributed by atoms with E-state index in [9.17, 15) is 8.42 Å². The average Bonchev–Trinajstić information content (AvgIpc) is 2.08. The Hall–Kier alpha value is -0.130. The third-order valence-electron chi connectivity index (χ3n) is 3.20. The van der Waals surface area contributed by atoms with Gasteiger partial charge in [0.15, 0.2) is 0 Å². The van der Waals surface area contributed by atoms with Crippen molar-refractivity contribution < 1.29 is 8.42 Å². The molecule has 1 rings (SSSR count). The van der Waals surface area contributed by atoms with Crippen molar-refractivity contribution in [3.05, 3.63) is 0 Å². The van der Waals surface area contributed by atoms with Gasteiger partial charge in [-0.25, -0.2) is 8.42 Å². The van der Waals surface area contributed by atoms with Gasteiger partial charge in [0.05, 0.1) is 5.75 Å². The molecule has 0 aromatic carbocycles. The van der Waals surface area contributed by atoms with Crippen LogP contribution < -0.4 is 5.73 Å². The van der Waals surface area contributed by atoms with Crippen molar-refractivity contribution in [2.75, 3.05) is 31.6 Å². The van der Waals surface area contributed by atoms with Crippen LogP contribution in [0.3, 0.4) is 0 Å². The molecule has 0 spiro atoms. The van der Waals surface area contributed by atoms with E-state index in [1.807, 2.05) is 0 Å². The van der Waals surface area contributed by atoms with Gasteiger partial charge in [0.2, 0.25) is 0 Å². The van der Waals surface area contributed by atoms with Crippen LogP contribution in [0.5, 0.6) is 0 Å². The Labute approximate surface area is 99.1 Å². The lowest BCUT2D eigenvalue weighted by Crippen LogP contribution is -2.42. The molecule has 2 N–H and O–H groups in total. The second-order valence-electron chi connectivity index (χ2n) is 4.75. The zero-order chi connectivity index (χ0) is 12.0. The molecule has 0 radical (unpaired) electrons. The van der Waals surface area contributed by atoms with Crippen molar-refractivity contribution in [1.29, 1.82) is 0 Å². The summed E-state index contributed by atoms with van der Waals surface area (Å²) in [6.45, 7) is 2.64. The van der Waals surface area contributed by atoms with Crippen LogP contribution in [0.25, 0.3) is 0 Å². The van der Waals surface area contributed by atoms with Gasteiger partial charge in [-0.1, -0.05) is 6.42 Å². The number of rotatable bonds is 8. The first-order valence-electron chi connectivity index (χ1n) is 6.15. The summed E-state index contributed by atoms with van der Waals surface area (Å²) in [7, 11) is -2.81. The molecule has 0 aromatic heterocycles. The topological polar surface area (TPSA) is 63.4 Å². The maximum atomic E-state index is 11.0. The van der Waals surface area contributed by atoms with Crippen molar-refractivity contribution in [2.24, 2.45) is 5.73 Å². The number of nitrogens with zero attached hydrogens (tertiary/aromatic N) is 1. The van der Waals surface area contributed by atoms with Gasteiger partial charge in [-0.2, -0.15) is 0 Å². The Morgan fingerprint density at radius 3 is 2.31 bits per heavy atom. The second-order valence-corrected chi connectivity index (χ2v) is 7.01. The van der Waals surface area contributed by atoms with Crippen LogP contribution in [0.2, 0.25) is 0 Å². The van der Waals surface area contributed by atoms with Gasteiger partial charge in [-0.05, 0) is 45.3 Å². The quantitative estimate of drug-likeness (QED) is 0.684. The summed E-state index contributed by atoms with van der Waals surface area (Å²) in [5, 5.41) is 0. The van der Waals surface area contributed by atoms with Crippen molar-refractivity contribution in [1.82, 2.24) is 4.90 Å². The Morgan fingerprint density at radius 1 is 1.25 bits per heavy atom. The molecule has 16 heavy (non-hydrogen) atoms. The van der Waals surface area contributed by atoms with Crippen LogP contribution in [-0.2, 0) is 9.84 Å². The molecule has 0 aromatic rings. The SMILES string of the molecule is CS(=O)(=O)CCCN(CCCN)C1CCC1. The Balaban J connectivity index is 2.26. The highest BCUT2D eigenvalue weighted by Crippen LogP contribution is 2.24. The third kappa shape index (κ3) is 5.27. The summed E-state index contributed by atoms with van der Waals surface area (Å²) in [5.41, 5.74) is 5.51. The Morgan fingerprint density at radius 2 is 1.88 bits per heavy atom. The second kappa shape index (κ2) is 6.57. The van der Waals surface area contributed by atoms with Crippen LogP contribution in [0.4, 0.5) is 0 Å². The molecular formula is C11H24N2O2S. The molecule has 1 fully saturated rings. The van der Waals surface area contributed by atoms with Gasteiger partial charge in [0.25, 0.3) is 0 Å². The van der Waals surface area contributed by atoms with E-state index >= 15 is 0 Å². The van der Waals surface area contributed by atoms with Crippen molar-refractivity contribution in [3.8, 4) is 0 Å². The summed E-state index contributed by atoms with van der Waals surface area (Å²) in [6.07, 6.45) is 6.92. The highest BCUT2D eigenvalue weighted by molar-refractivity contribution is 7.90. The molecule has 5 heteroatoms. The summed E-state index contributed by atoms with van der Waals surface area (Å²) < 4.78 is 22.1. The van der Waals surface area contributed by atoms with Gasteiger partial charge in [-0.3, -0.25) is 0 Å². The first-order valence-corrected chi connectivity index (χ1v) is 8.21. The van der Waals surface area contributed by atoms with E-state index in [0.717, 1.165) is 32.5 Å². The molecule has 0 saturated heterocycles. The van der Waals surface area contributed by atoms with E-state index in [0.29, 0.717) is 11.8 Å². The highest BCUT2D eigenvalue weighted by atomic mass is 32.2. The monoisotopic (exact) mass is 248 g/mol. The fourth-order valence-corrected chi connectivity index (χ4v) is 2.71. The minimum absolute atomic E-state index is 0.304. The number of hydrogen-bond donors (Lipinski definition) is 1. The fraction of sp³-hybridized carbons (Fsp3) is 1.00. The maximum Gasteiger partial charge on any atom is 0.147 e. The lowest BCUT2D eigenvalue weighted by Gasteiger charge is -2.37. The van der Waals surface area contributed by atoms with Crippen LogP contribution in [0.1, 0.15) is 32.1 Å². The van der Waals surface area contributed by atoms with Crippen molar-refractivity contribution in [3.63, 3.8) is 0 Å². The molecule has 0 bridgehead atoms. The zero-order valence-electron chi connectivity index (χ0n) is 10.2. The van der Waals surface area contributed by atoms with E-state index < -0.39 is 9.84 Å². The van der Waals surface area contributed by atoms with Gasteiger partial charge < -0.3 is 10.6 Å². The number of sulfone groups is 1. The molecule has 0 heterocycles. The maximum absolute atomic E-state index is 11.0. The van der Waals surface area contributed by atoms with E-state index in [-0.39, 0.29) is 0 Å². The lowest BCUT2D eigenvalue weighted by atomic mass is 9.91. The molecule has 1 aliphatic carbocycles. The predicted molar refractivity (Wildman–Crippen MR) is 67.2 cm³/mol. The van der Waals surface area contributed by atoms with Gasteiger partial charge in [-0.15, -0.1) is 0 Å². The summed E-state index contributed by atoms with van der Waals surface area (Å²) in [6, 6.07) is 0.686. The van der Waals surface area contributed by atoms with E-state index in [2.05, 4.69) is 4.90 Å². The summed E-state index contributed by atoms with van der Waals surface area (Å²) in [5.74, 6) is 0.304. The minimum Gasteiger partial charge on any atom is -0.330 e. The molecule has 0 atom stereocenters. The van der Waals surface area contributed by atoms with Crippen LogP contribution in [-0.4, -0.2) is 51.0 Å². The average molecular weight is 248 g/mol. The Bertz CT molecular complexity index is 286. The number of nitrogens with two attached hydrogens (primary N) is 1. The molecule has 0 amide bonds. The smallest absolute Gasteiger partial charge is 0.147 e. The van der Waals surface area contributed by atoms with E-state index in [1.165, 1.54) is 25.5 Å². The molecule has 4 nitrogen and oxygen atoms in total. The summed E-state index contributed by atoms with van der Waals surface area (Å²) >= 11 is 0. The Kier molecular flexibility index (Phi) is 5.72. The molecule has 0 unspecified atom stereocenters. The standard InChI is InChI=1S/C11H24N2O2S/c1-16(14,15)10-4-9-13(8-3-7-12)11-5-2-6-11/h11H,2-10,12H2,1H3. The van der Waals surface area contributed by atoms with Crippen molar-refractivity contribution in [2.45, 2.75) is 38.1 Å². The van der Waals surface area contributed by atoms with Gasteiger partial charge >= 0.3 is 0 Å². The molecule has 0 aliphatic heterocycles. The molecular weight excluding hydrogens is 224 g/mol. The van der Waals surface area contributed by atoms with E-state index in [1.54, 1.807) is 0 Å². The van der Waals surface area contributed by atoms with Gasteiger partial charge in [0.1, 0.15) is 9.84 Å². The predicted octanol–water partition coefficient (Wildman–Crippen LogP) is 0.624. The normalized spacial score (nSPS) is 17.7. The van der Waals surface area contributed by atoms with Crippen LogP contribution in [0, 0.1) is 0 Å². The summed E-state index contributed by atoms with van der Waals surface area (Å²) in [4.78, 5) is 2.42. The van der Waals surface area contributed by atoms with Crippen molar-refractivity contribution >= 4 is 9.84 Å². The minimum atomic E-state index is -2.81. The molecule has 96 valence electrons. The zero-order valence-corrected chi connectivity index (χ0v) is 11.0. The highest BCUT2D eigenvalue weighted by Gasteiger charge is 2.24. The third-order valence-corrected chi connectivity index (χ3v) is 4.23. The molecule has 1 saturated carbocycles. The first kappa shape index (κ1) is 13.9. The fourth-order valence-electron chi connectivity index (χ4n) is 2.05. The van der Waals surface area contributed by atoms with Crippen LogP contribution >= 0.6 is 0 Å². The lowest BCUT2D eigenvalue weighted by molar-refractivity contribution is 0.127. The molecule has 1 aliphatic rings. The first-order chi connectivity index (χ1) is 7.53. The van der Waals surface area contributed by atoms with Gasteiger partial charge in [0, 0.05) is 12.3 Å². The number of hydrogen-bond acceptors (Lipinski definition) is 4. The van der Waals surface area contributed by atoms with Crippen LogP contribution in [0.15, 0.2) is 0 Å². The van der Waals surface area contributed by atoms with E-state index in [4.69, 9.17) is 5.73 Å². The largest absolute Gasteiger partial charge is 0.330 e.